The van der Waals surface area contributed by atoms with Crippen LogP contribution in [0.2, 0.25) is 0 Å². The van der Waals surface area contributed by atoms with Crippen LogP contribution in [0.25, 0.3) is 0 Å². The van der Waals surface area contributed by atoms with E-state index >= 15 is 0 Å². The summed E-state index contributed by atoms with van der Waals surface area (Å²) in [5.74, 6) is 0.281. The summed E-state index contributed by atoms with van der Waals surface area (Å²) in [6.07, 6.45) is 0. The summed E-state index contributed by atoms with van der Waals surface area (Å²) in [6, 6.07) is 11.4. The van der Waals surface area contributed by atoms with E-state index in [2.05, 4.69) is 15.4 Å². The molecule has 1 fully saturated rings. The van der Waals surface area contributed by atoms with Gasteiger partial charge in [-0.3, -0.25) is 9.52 Å². The molecule has 1 saturated heterocycles. The lowest BCUT2D eigenvalue weighted by molar-refractivity contribution is 0.0942. The van der Waals surface area contributed by atoms with Gasteiger partial charge in [-0.1, -0.05) is 6.07 Å². The van der Waals surface area contributed by atoms with Crippen molar-refractivity contribution in [2.24, 2.45) is 5.92 Å². The van der Waals surface area contributed by atoms with Crippen molar-refractivity contribution in [3.05, 3.63) is 59.2 Å². The van der Waals surface area contributed by atoms with Crippen molar-refractivity contribution in [2.75, 3.05) is 24.4 Å². The van der Waals surface area contributed by atoms with Gasteiger partial charge in [-0.05, 0) is 61.4 Å². The molecule has 1 aliphatic heterocycles. The second-order valence-corrected chi connectivity index (χ2v) is 8.35. The Morgan fingerprint density at radius 3 is 2.30 bits per heavy atom. The SMILES string of the molecule is Cc1ccc(NS(=O)(=O)c2ccc(C(=O)NCC3CNC3)cc2)cc1C.Cl. The van der Waals surface area contributed by atoms with Crippen molar-refractivity contribution in [2.45, 2.75) is 18.7 Å². The molecule has 2 aromatic rings. The standard InChI is InChI=1S/C19H23N3O3S.ClH/c1-13-3-6-17(9-14(13)2)22-26(24,25)18-7-4-16(5-8-18)19(23)21-12-15-10-20-11-15;/h3-9,15,20,22H,10-12H2,1-2H3,(H,21,23);1H. The first-order chi connectivity index (χ1) is 12.3. The number of carbonyl (C=O) groups excluding carboxylic acids is 1. The van der Waals surface area contributed by atoms with E-state index in [1.807, 2.05) is 19.9 Å². The van der Waals surface area contributed by atoms with Gasteiger partial charge in [0.1, 0.15) is 0 Å². The molecule has 6 nitrogen and oxygen atoms in total. The molecule has 0 radical (unpaired) electrons. The largest absolute Gasteiger partial charge is 0.352 e. The minimum atomic E-state index is -3.70. The Labute approximate surface area is 166 Å². The Kier molecular flexibility index (Phi) is 6.86. The first-order valence-corrected chi connectivity index (χ1v) is 10.0. The van der Waals surface area contributed by atoms with Crippen LogP contribution in [0.3, 0.4) is 0 Å². The molecule has 0 atom stereocenters. The fraction of sp³-hybridized carbons (Fsp3) is 0.316. The van der Waals surface area contributed by atoms with Crippen LogP contribution < -0.4 is 15.4 Å². The van der Waals surface area contributed by atoms with Crippen LogP contribution in [-0.4, -0.2) is 34.0 Å². The molecule has 0 aromatic heterocycles. The van der Waals surface area contributed by atoms with Gasteiger partial charge in [0, 0.05) is 36.8 Å². The van der Waals surface area contributed by atoms with Crippen LogP contribution in [-0.2, 0) is 10.0 Å². The van der Waals surface area contributed by atoms with Gasteiger partial charge in [0.25, 0.3) is 15.9 Å². The topological polar surface area (TPSA) is 87.3 Å². The van der Waals surface area contributed by atoms with E-state index < -0.39 is 10.0 Å². The summed E-state index contributed by atoms with van der Waals surface area (Å²) >= 11 is 0. The summed E-state index contributed by atoms with van der Waals surface area (Å²) in [5.41, 5.74) is 3.08. The van der Waals surface area contributed by atoms with Crippen molar-refractivity contribution < 1.29 is 13.2 Å². The molecule has 0 aliphatic carbocycles. The first kappa shape index (κ1) is 21.2. The van der Waals surface area contributed by atoms with Crippen molar-refractivity contribution in [1.82, 2.24) is 10.6 Å². The van der Waals surface area contributed by atoms with Gasteiger partial charge in [-0.15, -0.1) is 12.4 Å². The van der Waals surface area contributed by atoms with Crippen molar-refractivity contribution in [3.63, 3.8) is 0 Å². The number of benzene rings is 2. The number of halogens is 1. The van der Waals surface area contributed by atoms with Crippen molar-refractivity contribution in [3.8, 4) is 0 Å². The highest BCUT2D eigenvalue weighted by molar-refractivity contribution is 7.92. The molecule has 1 aliphatic rings. The first-order valence-electron chi connectivity index (χ1n) is 8.54. The normalized spacial score (nSPS) is 14.0. The molecule has 146 valence electrons. The Bertz CT molecular complexity index is 910. The van der Waals surface area contributed by atoms with E-state index in [1.165, 1.54) is 24.3 Å². The molecule has 3 rings (SSSR count). The lowest BCUT2D eigenvalue weighted by atomic mass is 10.0. The predicted octanol–water partition coefficient (Wildman–Crippen LogP) is 2.48. The fourth-order valence-corrected chi connectivity index (χ4v) is 3.69. The maximum Gasteiger partial charge on any atom is 0.261 e. The molecule has 0 spiro atoms. The average Bonchev–Trinajstić information content (AvgIpc) is 2.56. The van der Waals surface area contributed by atoms with Crippen LogP contribution in [0.1, 0.15) is 21.5 Å². The highest BCUT2D eigenvalue weighted by Gasteiger charge is 2.18. The number of nitrogens with one attached hydrogen (secondary N) is 3. The quantitative estimate of drug-likeness (QED) is 0.684. The maximum atomic E-state index is 12.5. The van der Waals surface area contributed by atoms with Gasteiger partial charge >= 0.3 is 0 Å². The summed E-state index contributed by atoms with van der Waals surface area (Å²) in [5, 5.41) is 6.02. The number of rotatable bonds is 6. The Balaban J connectivity index is 0.00000261. The lowest BCUT2D eigenvalue weighted by Crippen LogP contribution is -2.48. The van der Waals surface area contributed by atoms with E-state index in [4.69, 9.17) is 0 Å². The number of sulfonamides is 1. The Hall–Kier alpha value is -2.09. The van der Waals surface area contributed by atoms with E-state index in [0.29, 0.717) is 23.7 Å². The fourth-order valence-electron chi connectivity index (χ4n) is 2.64. The van der Waals surface area contributed by atoms with E-state index in [-0.39, 0.29) is 23.2 Å². The zero-order chi connectivity index (χ0) is 18.7. The third kappa shape index (κ3) is 5.22. The minimum Gasteiger partial charge on any atom is -0.352 e. The molecule has 1 amide bonds. The third-order valence-corrected chi connectivity index (χ3v) is 6.00. The van der Waals surface area contributed by atoms with Gasteiger partial charge in [-0.25, -0.2) is 8.42 Å². The number of carbonyl (C=O) groups is 1. The van der Waals surface area contributed by atoms with Crippen LogP contribution in [0.4, 0.5) is 5.69 Å². The molecular weight excluding hydrogens is 386 g/mol. The van der Waals surface area contributed by atoms with Gasteiger partial charge < -0.3 is 10.6 Å². The molecule has 0 unspecified atom stereocenters. The van der Waals surface area contributed by atoms with Gasteiger partial charge in [0.05, 0.1) is 4.90 Å². The summed E-state index contributed by atoms with van der Waals surface area (Å²) in [6.45, 7) is 6.36. The number of hydrogen-bond acceptors (Lipinski definition) is 4. The Morgan fingerprint density at radius 2 is 1.74 bits per heavy atom. The molecule has 0 bridgehead atoms. The number of anilines is 1. The van der Waals surface area contributed by atoms with E-state index in [0.717, 1.165) is 24.2 Å². The zero-order valence-corrected chi connectivity index (χ0v) is 16.9. The predicted molar refractivity (Wildman–Crippen MR) is 109 cm³/mol. The molecule has 3 N–H and O–H groups in total. The zero-order valence-electron chi connectivity index (χ0n) is 15.3. The highest BCUT2D eigenvalue weighted by Crippen LogP contribution is 2.19. The summed E-state index contributed by atoms with van der Waals surface area (Å²) < 4.78 is 27.6. The maximum absolute atomic E-state index is 12.5. The van der Waals surface area contributed by atoms with Crippen LogP contribution in [0.5, 0.6) is 0 Å². The van der Waals surface area contributed by atoms with Gasteiger partial charge in [0.2, 0.25) is 0 Å². The van der Waals surface area contributed by atoms with E-state index in [9.17, 15) is 13.2 Å². The van der Waals surface area contributed by atoms with Crippen LogP contribution in [0, 0.1) is 19.8 Å². The number of amides is 1. The second kappa shape index (κ2) is 8.73. The van der Waals surface area contributed by atoms with Crippen molar-refractivity contribution >= 4 is 34.0 Å². The van der Waals surface area contributed by atoms with Crippen molar-refractivity contribution in [1.29, 1.82) is 0 Å². The van der Waals surface area contributed by atoms with Crippen LogP contribution in [0.15, 0.2) is 47.4 Å². The number of aryl methyl sites for hydroxylation is 2. The summed E-state index contributed by atoms with van der Waals surface area (Å²) in [7, 11) is -3.70. The molecule has 27 heavy (non-hydrogen) atoms. The molecular formula is C19H24ClN3O3S. The highest BCUT2D eigenvalue weighted by atomic mass is 35.5. The lowest BCUT2D eigenvalue weighted by Gasteiger charge is -2.27. The summed E-state index contributed by atoms with van der Waals surface area (Å²) in [4.78, 5) is 12.2. The Morgan fingerprint density at radius 1 is 1.07 bits per heavy atom. The molecule has 2 aromatic carbocycles. The third-order valence-electron chi connectivity index (χ3n) is 4.60. The van der Waals surface area contributed by atoms with Gasteiger partial charge in [-0.2, -0.15) is 0 Å². The van der Waals surface area contributed by atoms with Crippen LogP contribution >= 0.6 is 12.4 Å². The second-order valence-electron chi connectivity index (χ2n) is 6.66. The monoisotopic (exact) mass is 409 g/mol. The van der Waals surface area contributed by atoms with Gasteiger partial charge in [0.15, 0.2) is 0 Å². The number of hydrogen-bond donors (Lipinski definition) is 3. The molecule has 0 saturated carbocycles. The molecule has 1 heterocycles. The molecule has 8 heteroatoms. The van der Waals surface area contributed by atoms with E-state index in [1.54, 1.807) is 12.1 Å². The smallest absolute Gasteiger partial charge is 0.261 e. The minimum absolute atomic E-state index is 0. The average molecular weight is 410 g/mol.